The molecule has 0 aliphatic heterocycles. The third-order valence-corrected chi connectivity index (χ3v) is 1.03. The largest absolute Gasteiger partial charge is 0.399 e. The van der Waals surface area contributed by atoms with E-state index < -0.39 is 0 Å². The van der Waals surface area contributed by atoms with Gasteiger partial charge in [-0.25, -0.2) is 0 Å². The highest BCUT2D eigenvalue weighted by Crippen LogP contribution is 2.18. The van der Waals surface area contributed by atoms with E-state index in [9.17, 15) is 0 Å². The van der Waals surface area contributed by atoms with Crippen LogP contribution >= 0.6 is 0 Å². The van der Waals surface area contributed by atoms with Crippen molar-refractivity contribution in [3.05, 3.63) is 0 Å². The van der Waals surface area contributed by atoms with Gasteiger partial charge in [0, 0.05) is 0 Å². The minimum Gasteiger partial charge on any atom is -0.399 e. The maximum Gasteiger partial charge on any atom is 0.106 e. The van der Waals surface area contributed by atoms with Gasteiger partial charge < -0.3 is 4.84 Å². The molecule has 0 heterocycles. The van der Waals surface area contributed by atoms with Crippen molar-refractivity contribution in [2.24, 2.45) is 10.6 Å². The fourth-order valence-electron chi connectivity index (χ4n) is 0.956. The van der Waals surface area contributed by atoms with Crippen molar-refractivity contribution in [3.63, 3.8) is 0 Å². The summed E-state index contributed by atoms with van der Waals surface area (Å²) in [5, 5.41) is 3.83. The topological polar surface area (TPSA) is 21.6 Å². The molecule has 0 spiro atoms. The molecule has 0 aromatic rings. The Balaban J connectivity index is 3.79. The fraction of sp³-hybridized carbons (Fsp3) is 0.875. The molecular weight excluding hydrogens is 126 g/mol. The predicted octanol–water partition coefficient (Wildman–Crippen LogP) is 2.44. The molecule has 0 amide bonds. The van der Waals surface area contributed by atoms with Gasteiger partial charge in [0.05, 0.1) is 5.71 Å². The first-order chi connectivity index (χ1) is 4.45. The second kappa shape index (κ2) is 3.59. The highest BCUT2D eigenvalue weighted by atomic mass is 16.6. The van der Waals surface area contributed by atoms with E-state index in [1.807, 2.05) is 6.92 Å². The van der Waals surface area contributed by atoms with Crippen molar-refractivity contribution < 1.29 is 4.84 Å². The van der Waals surface area contributed by atoms with Crippen LogP contribution in [0.4, 0.5) is 0 Å². The molecule has 0 bridgehead atoms. The van der Waals surface area contributed by atoms with Crippen LogP contribution in [0.3, 0.4) is 0 Å². The fourth-order valence-corrected chi connectivity index (χ4v) is 0.956. The van der Waals surface area contributed by atoms with Crippen LogP contribution in [0.1, 0.15) is 34.1 Å². The number of rotatable bonds is 2. The van der Waals surface area contributed by atoms with Crippen molar-refractivity contribution in [2.45, 2.75) is 34.1 Å². The van der Waals surface area contributed by atoms with Gasteiger partial charge in [-0.1, -0.05) is 25.9 Å². The van der Waals surface area contributed by atoms with E-state index in [0.717, 1.165) is 12.1 Å². The molecule has 2 heteroatoms. The molecule has 0 aliphatic carbocycles. The van der Waals surface area contributed by atoms with E-state index in [-0.39, 0.29) is 0 Å². The molecule has 0 unspecified atom stereocenters. The Kier molecular flexibility index (Phi) is 3.40. The van der Waals surface area contributed by atoms with E-state index in [1.165, 1.54) is 0 Å². The molecule has 0 aliphatic rings. The molecule has 0 saturated heterocycles. The van der Waals surface area contributed by atoms with Crippen LogP contribution in [0.15, 0.2) is 5.16 Å². The van der Waals surface area contributed by atoms with Crippen LogP contribution in [0.5, 0.6) is 0 Å². The Morgan fingerprint density at radius 1 is 1.40 bits per heavy atom. The summed E-state index contributed by atoms with van der Waals surface area (Å²) in [5.41, 5.74) is 1.36. The van der Waals surface area contributed by atoms with Crippen molar-refractivity contribution in [3.8, 4) is 0 Å². The molecule has 0 atom stereocenters. The third kappa shape index (κ3) is 5.60. The van der Waals surface area contributed by atoms with Crippen LogP contribution < -0.4 is 0 Å². The average Bonchev–Trinajstić information content (AvgIpc) is 1.59. The van der Waals surface area contributed by atoms with Crippen molar-refractivity contribution in [1.82, 2.24) is 0 Å². The molecule has 60 valence electrons. The molecule has 0 radical (unpaired) electrons. The lowest BCUT2D eigenvalue weighted by Crippen LogP contribution is -2.10. The minimum absolute atomic E-state index is 0.312. The lowest BCUT2D eigenvalue weighted by molar-refractivity contribution is 0.210. The highest BCUT2D eigenvalue weighted by molar-refractivity contribution is 5.81. The first-order valence-electron chi connectivity index (χ1n) is 3.52. The molecule has 2 nitrogen and oxygen atoms in total. The summed E-state index contributed by atoms with van der Waals surface area (Å²) in [6.45, 7) is 8.53. The summed E-state index contributed by atoms with van der Waals surface area (Å²) >= 11 is 0. The smallest absolute Gasteiger partial charge is 0.106 e. The van der Waals surface area contributed by atoms with Crippen LogP contribution in [0.25, 0.3) is 0 Å². The van der Waals surface area contributed by atoms with Crippen LogP contribution in [0.2, 0.25) is 0 Å². The number of nitrogens with zero attached hydrogens (tertiary/aromatic N) is 1. The Morgan fingerprint density at radius 2 is 1.90 bits per heavy atom. The second-order valence-corrected chi connectivity index (χ2v) is 3.75. The van der Waals surface area contributed by atoms with Gasteiger partial charge in [-0.2, -0.15) is 0 Å². The van der Waals surface area contributed by atoms with Crippen LogP contribution in [0, 0.1) is 5.41 Å². The Morgan fingerprint density at radius 3 is 2.20 bits per heavy atom. The van der Waals surface area contributed by atoms with Crippen molar-refractivity contribution in [1.29, 1.82) is 0 Å². The van der Waals surface area contributed by atoms with Gasteiger partial charge in [0.25, 0.3) is 0 Å². The van der Waals surface area contributed by atoms with Gasteiger partial charge in [0.15, 0.2) is 0 Å². The second-order valence-electron chi connectivity index (χ2n) is 3.75. The number of hydrogen-bond donors (Lipinski definition) is 0. The first-order valence-corrected chi connectivity index (χ1v) is 3.52. The van der Waals surface area contributed by atoms with Crippen LogP contribution in [-0.2, 0) is 4.84 Å². The Hall–Kier alpha value is -0.530. The summed E-state index contributed by atoms with van der Waals surface area (Å²) in [6, 6.07) is 0. The summed E-state index contributed by atoms with van der Waals surface area (Å²) in [7, 11) is 1.58. The SMILES string of the molecule is CON=C(C)CC(C)(C)C. The summed E-state index contributed by atoms with van der Waals surface area (Å²) < 4.78 is 0. The highest BCUT2D eigenvalue weighted by Gasteiger charge is 2.11. The standard InChI is InChI=1S/C8H17NO/c1-7(9-10-5)6-8(2,3)4/h6H2,1-5H3. The van der Waals surface area contributed by atoms with Crippen LogP contribution in [-0.4, -0.2) is 12.8 Å². The van der Waals surface area contributed by atoms with Crippen molar-refractivity contribution in [2.75, 3.05) is 7.11 Å². The first kappa shape index (κ1) is 9.47. The average molecular weight is 143 g/mol. The quantitative estimate of drug-likeness (QED) is 0.430. The Labute approximate surface area is 63.3 Å². The molecule has 0 fully saturated rings. The molecule has 0 saturated carbocycles. The maximum atomic E-state index is 4.64. The molecule has 0 aromatic heterocycles. The zero-order chi connectivity index (χ0) is 8.20. The minimum atomic E-state index is 0.312. The lowest BCUT2D eigenvalue weighted by atomic mass is 9.90. The summed E-state index contributed by atoms with van der Waals surface area (Å²) in [6.07, 6.45) is 0.987. The normalized spacial score (nSPS) is 13.5. The predicted molar refractivity (Wildman–Crippen MR) is 44.2 cm³/mol. The summed E-state index contributed by atoms with van der Waals surface area (Å²) in [5.74, 6) is 0. The third-order valence-electron chi connectivity index (χ3n) is 1.03. The molecule has 0 N–H and O–H groups in total. The van der Waals surface area contributed by atoms with E-state index in [1.54, 1.807) is 7.11 Å². The molecular formula is C8H17NO. The van der Waals surface area contributed by atoms with Gasteiger partial charge in [-0.15, -0.1) is 0 Å². The Bertz CT molecular complexity index is 122. The number of oxime groups is 1. The number of hydrogen-bond acceptors (Lipinski definition) is 2. The zero-order valence-electron chi connectivity index (χ0n) is 7.56. The lowest BCUT2D eigenvalue weighted by Gasteiger charge is -2.16. The molecule has 10 heavy (non-hydrogen) atoms. The van der Waals surface area contributed by atoms with Gasteiger partial charge in [-0.05, 0) is 18.8 Å². The zero-order valence-corrected chi connectivity index (χ0v) is 7.56. The van der Waals surface area contributed by atoms with E-state index in [0.29, 0.717) is 5.41 Å². The van der Waals surface area contributed by atoms with E-state index in [2.05, 4.69) is 30.8 Å². The monoisotopic (exact) mass is 143 g/mol. The van der Waals surface area contributed by atoms with Gasteiger partial charge in [-0.3, -0.25) is 0 Å². The maximum absolute atomic E-state index is 4.64. The molecule has 0 rings (SSSR count). The van der Waals surface area contributed by atoms with E-state index in [4.69, 9.17) is 0 Å². The van der Waals surface area contributed by atoms with Gasteiger partial charge >= 0.3 is 0 Å². The van der Waals surface area contributed by atoms with Crippen molar-refractivity contribution >= 4 is 5.71 Å². The van der Waals surface area contributed by atoms with E-state index >= 15 is 0 Å². The van der Waals surface area contributed by atoms with Gasteiger partial charge in [0.2, 0.25) is 0 Å². The molecule has 0 aromatic carbocycles. The summed E-state index contributed by atoms with van der Waals surface area (Å²) in [4.78, 5) is 4.64. The van der Waals surface area contributed by atoms with Gasteiger partial charge in [0.1, 0.15) is 7.11 Å².